The van der Waals surface area contributed by atoms with Crippen LogP contribution in [0.15, 0.2) is 12.5 Å². The van der Waals surface area contributed by atoms with Gasteiger partial charge in [0, 0.05) is 24.1 Å². The van der Waals surface area contributed by atoms with Crippen molar-refractivity contribution in [2.24, 2.45) is 11.5 Å². The van der Waals surface area contributed by atoms with E-state index in [1.807, 2.05) is 0 Å². The number of thiol groups is 1. The fourth-order valence-corrected chi connectivity index (χ4v) is 2.74. The highest BCUT2D eigenvalue weighted by Crippen LogP contribution is 2.02. The van der Waals surface area contributed by atoms with Crippen molar-refractivity contribution in [1.29, 1.82) is 0 Å². The normalized spacial score (nSPS) is 13.7. The number of carboxylic acids is 1. The van der Waals surface area contributed by atoms with Crippen LogP contribution in [-0.4, -0.2) is 75.7 Å². The number of rotatable bonds is 14. The Hall–Kier alpha value is -2.64. The number of aliphatic carboxylic acids is 1. The fraction of sp³-hybridized carbons (Fsp3) is 0.588. The molecule has 0 bridgehead atoms. The van der Waals surface area contributed by atoms with Gasteiger partial charge >= 0.3 is 5.97 Å². The first-order chi connectivity index (χ1) is 14.3. The van der Waals surface area contributed by atoms with E-state index in [1.165, 1.54) is 6.33 Å². The minimum absolute atomic E-state index is 0.102. The number of aromatic amines is 1. The van der Waals surface area contributed by atoms with Crippen LogP contribution in [0.25, 0.3) is 0 Å². The van der Waals surface area contributed by atoms with Gasteiger partial charge in [-0.3, -0.25) is 14.4 Å². The van der Waals surface area contributed by atoms with E-state index in [2.05, 4.69) is 38.5 Å². The Morgan fingerprint density at radius 3 is 2.47 bits per heavy atom. The zero-order valence-corrected chi connectivity index (χ0v) is 17.4. The molecule has 1 heterocycles. The second-order valence-corrected chi connectivity index (χ2v) is 6.96. The first kappa shape index (κ1) is 25.4. The van der Waals surface area contributed by atoms with Crippen molar-refractivity contribution < 1.29 is 24.3 Å². The Kier molecular flexibility index (Phi) is 11.5. The van der Waals surface area contributed by atoms with E-state index in [1.54, 1.807) is 6.20 Å². The summed E-state index contributed by atoms with van der Waals surface area (Å²) >= 11 is 3.90. The van der Waals surface area contributed by atoms with Gasteiger partial charge in [0.05, 0.1) is 18.9 Å². The number of nitrogens with two attached hydrogens (primary N) is 2. The Morgan fingerprint density at radius 2 is 1.90 bits per heavy atom. The Balaban J connectivity index is 2.57. The van der Waals surface area contributed by atoms with Gasteiger partial charge in [0.2, 0.25) is 17.7 Å². The number of H-pyrrole nitrogens is 1. The molecule has 0 saturated carbocycles. The van der Waals surface area contributed by atoms with E-state index in [9.17, 15) is 19.2 Å². The molecule has 12 nitrogen and oxygen atoms in total. The van der Waals surface area contributed by atoms with E-state index in [0.717, 1.165) is 0 Å². The number of carboxylic acid groups (broad SMARTS) is 1. The number of amides is 3. The molecule has 3 unspecified atom stereocenters. The summed E-state index contributed by atoms with van der Waals surface area (Å²) in [6.45, 7) is 0.0338. The lowest BCUT2D eigenvalue weighted by atomic mass is 10.1. The van der Waals surface area contributed by atoms with Crippen LogP contribution >= 0.6 is 12.6 Å². The number of unbranched alkanes of at least 4 members (excludes halogenated alkanes) is 1. The highest BCUT2D eigenvalue weighted by Gasteiger charge is 2.26. The Bertz CT molecular complexity index is 701. The van der Waals surface area contributed by atoms with E-state index < -0.39 is 41.8 Å². The van der Waals surface area contributed by atoms with Gasteiger partial charge in [-0.05, 0) is 25.8 Å². The lowest BCUT2D eigenvalue weighted by Gasteiger charge is -2.21. The Labute approximate surface area is 179 Å². The van der Waals surface area contributed by atoms with Crippen LogP contribution in [0.1, 0.15) is 25.0 Å². The number of imidazole rings is 1. The van der Waals surface area contributed by atoms with Crippen LogP contribution in [-0.2, 0) is 25.6 Å². The number of aromatic nitrogens is 2. The second kappa shape index (κ2) is 13.6. The summed E-state index contributed by atoms with van der Waals surface area (Å²) in [5, 5.41) is 16.3. The number of nitrogens with zero attached hydrogens (tertiary/aromatic N) is 1. The number of hydrogen-bond donors (Lipinski definition) is 8. The molecule has 0 aliphatic rings. The van der Waals surface area contributed by atoms with E-state index in [4.69, 9.17) is 16.6 Å². The topological polar surface area (TPSA) is 205 Å². The smallest absolute Gasteiger partial charge is 0.327 e. The molecule has 1 rings (SSSR count). The van der Waals surface area contributed by atoms with Gasteiger partial charge in [0.1, 0.15) is 12.1 Å². The van der Waals surface area contributed by atoms with Crippen LogP contribution in [0.2, 0.25) is 0 Å². The molecule has 0 aromatic carbocycles. The largest absolute Gasteiger partial charge is 0.480 e. The van der Waals surface area contributed by atoms with Crippen molar-refractivity contribution in [3.63, 3.8) is 0 Å². The molecule has 3 amide bonds. The predicted octanol–water partition coefficient (Wildman–Crippen LogP) is -2.49. The van der Waals surface area contributed by atoms with Crippen molar-refractivity contribution in [2.45, 2.75) is 43.8 Å². The molecule has 168 valence electrons. The van der Waals surface area contributed by atoms with Crippen LogP contribution < -0.4 is 27.4 Å². The molecule has 0 fully saturated rings. The summed E-state index contributed by atoms with van der Waals surface area (Å²) in [5.41, 5.74) is 11.9. The average molecular weight is 444 g/mol. The molecule has 3 atom stereocenters. The third kappa shape index (κ3) is 9.24. The average Bonchev–Trinajstić information content (AvgIpc) is 3.22. The summed E-state index contributed by atoms with van der Waals surface area (Å²) in [7, 11) is 0. The van der Waals surface area contributed by atoms with Crippen LogP contribution in [0, 0.1) is 0 Å². The highest BCUT2D eigenvalue weighted by molar-refractivity contribution is 7.80. The highest BCUT2D eigenvalue weighted by atomic mass is 32.1. The van der Waals surface area contributed by atoms with Crippen molar-refractivity contribution in [2.75, 3.05) is 18.8 Å². The molecule has 0 saturated heterocycles. The van der Waals surface area contributed by atoms with E-state index in [0.29, 0.717) is 25.1 Å². The predicted molar refractivity (Wildman–Crippen MR) is 112 cm³/mol. The fourth-order valence-electron chi connectivity index (χ4n) is 2.49. The molecule has 13 heteroatoms. The third-order valence-electron chi connectivity index (χ3n) is 4.15. The molecular formula is C17H29N7O5S. The maximum absolute atomic E-state index is 12.4. The molecule has 0 aliphatic heterocycles. The van der Waals surface area contributed by atoms with Gasteiger partial charge in [-0.2, -0.15) is 12.6 Å². The first-order valence-electron chi connectivity index (χ1n) is 9.42. The van der Waals surface area contributed by atoms with Crippen LogP contribution in [0.5, 0.6) is 0 Å². The summed E-state index contributed by atoms with van der Waals surface area (Å²) in [6, 6.07) is -3.04. The molecule has 30 heavy (non-hydrogen) atoms. The molecule has 0 aliphatic carbocycles. The lowest BCUT2D eigenvalue weighted by molar-refractivity contribution is -0.141. The summed E-state index contributed by atoms with van der Waals surface area (Å²) in [6.07, 6.45) is 4.67. The van der Waals surface area contributed by atoms with Gasteiger partial charge in [-0.15, -0.1) is 0 Å². The van der Waals surface area contributed by atoms with Gasteiger partial charge in [-0.25, -0.2) is 9.78 Å². The zero-order valence-electron chi connectivity index (χ0n) is 16.5. The summed E-state index contributed by atoms with van der Waals surface area (Å²) in [4.78, 5) is 54.4. The van der Waals surface area contributed by atoms with E-state index in [-0.39, 0.29) is 25.1 Å². The molecule has 0 spiro atoms. The van der Waals surface area contributed by atoms with Crippen molar-refractivity contribution >= 4 is 36.3 Å². The third-order valence-corrected chi connectivity index (χ3v) is 4.52. The number of nitrogens with one attached hydrogen (secondary N) is 4. The molecule has 1 aromatic rings. The van der Waals surface area contributed by atoms with Crippen LogP contribution in [0.4, 0.5) is 0 Å². The molecular weight excluding hydrogens is 414 g/mol. The quantitative estimate of drug-likeness (QED) is 0.114. The Morgan fingerprint density at radius 1 is 1.17 bits per heavy atom. The number of hydrogen-bond acceptors (Lipinski definition) is 8. The minimum Gasteiger partial charge on any atom is -0.480 e. The maximum atomic E-state index is 12.4. The van der Waals surface area contributed by atoms with Crippen molar-refractivity contribution in [3.05, 3.63) is 18.2 Å². The van der Waals surface area contributed by atoms with Gasteiger partial charge in [0.15, 0.2) is 0 Å². The molecule has 9 N–H and O–H groups in total. The SMILES string of the molecule is NCCCCC(NC(=O)CNC(=O)C(N)Cc1cnc[nH]1)C(=O)NC(CS)C(=O)O. The standard InChI is InChI=1S/C17H29N7O5S/c18-4-2-1-3-12(16(27)24-13(8-30)17(28)29)23-14(25)7-21-15(26)11(19)5-10-6-20-9-22-10/h6,9,11-13,30H,1-5,7-8,18-19H2,(H,20,22)(H,21,26)(H,23,25)(H,24,27)(H,28,29). The zero-order chi connectivity index (χ0) is 22.5. The van der Waals surface area contributed by atoms with Crippen molar-refractivity contribution in [3.8, 4) is 0 Å². The monoisotopic (exact) mass is 443 g/mol. The minimum atomic E-state index is -1.23. The lowest BCUT2D eigenvalue weighted by Crippen LogP contribution is -2.54. The van der Waals surface area contributed by atoms with Crippen molar-refractivity contribution in [1.82, 2.24) is 25.9 Å². The summed E-state index contributed by atoms with van der Waals surface area (Å²) in [5.74, 6) is -3.13. The number of carbonyl (C=O) groups is 4. The van der Waals surface area contributed by atoms with Gasteiger partial charge in [0.25, 0.3) is 0 Å². The number of carbonyl (C=O) groups excluding carboxylic acids is 3. The first-order valence-corrected chi connectivity index (χ1v) is 10.1. The summed E-state index contributed by atoms with van der Waals surface area (Å²) < 4.78 is 0. The molecule has 1 aromatic heterocycles. The van der Waals surface area contributed by atoms with Gasteiger partial charge < -0.3 is 37.5 Å². The van der Waals surface area contributed by atoms with Crippen LogP contribution in [0.3, 0.4) is 0 Å². The molecule has 0 radical (unpaired) electrons. The maximum Gasteiger partial charge on any atom is 0.327 e. The second-order valence-electron chi connectivity index (χ2n) is 6.59. The van der Waals surface area contributed by atoms with E-state index >= 15 is 0 Å². The van der Waals surface area contributed by atoms with Gasteiger partial charge in [-0.1, -0.05) is 0 Å².